The first-order valence-electron chi connectivity index (χ1n) is 14.2. The average molecular weight is 628 g/mol. The number of pyridine rings is 3. The van der Waals surface area contributed by atoms with Gasteiger partial charge >= 0.3 is 0 Å². The van der Waals surface area contributed by atoms with Crippen molar-refractivity contribution in [1.29, 1.82) is 0 Å². The summed E-state index contributed by atoms with van der Waals surface area (Å²) in [5.74, 6) is 0. The Hall–Kier alpha value is -3.46. The van der Waals surface area contributed by atoms with Crippen molar-refractivity contribution in [2.24, 2.45) is 0 Å². The van der Waals surface area contributed by atoms with Crippen LogP contribution in [-0.4, -0.2) is 15.0 Å². The Morgan fingerprint density at radius 2 is 1.59 bits per heavy atom. The Kier molecular flexibility index (Phi) is 6.05. The molecule has 0 saturated carbocycles. The molecule has 0 aliphatic carbocycles. The maximum Gasteiger partial charge on any atom is 0.0698 e. The van der Waals surface area contributed by atoms with Crippen LogP contribution in [-0.2, 0) is 26.5 Å². The molecule has 0 atom stereocenters. The fourth-order valence-corrected chi connectivity index (χ4v) is 3.06. The molecule has 0 unspecified atom stereocenters. The molecule has 0 bridgehead atoms. The molecule has 5 rings (SSSR count). The van der Waals surface area contributed by atoms with E-state index in [2.05, 4.69) is 27.1 Å². The van der Waals surface area contributed by atoms with Crippen molar-refractivity contribution in [2.75, 3.05) is 0 Å². The smallest absolute Gasteiger partial charge is 0.0698 e. The first-order valence-corrected chi connectivity index (χ1v) is 10.2. The van der Waals surface area contributed by atoms with E-state index in [0.29, 0.717) is 11.4 Å². The monoisotopic (exact) mass is 628 g/mol. The van der Waals surface area contributed by atoms with Crippen molar-refractivity contribution in [3.8, 4) is 33.8 Å². The minimum atomic E-state index is -2.79. The number of nitrogens with zero attached hydrogens (tertiary/aromatic N) is 3. The van der Waals surface area contributed by atoms with Gasteiger partial charge in [-0.25, -0.2) is 0 Å². The number of rotatable bonds is 4. The second kappa shape index (κ2) is 12.7. The van der Waals surface area contributed by atoms with Gasteiger partial charge in [-0.15, -0.1) is 71.8 Å². The predicted molar refractivity (Wildman–Crippen MR) is 134 cm³/mol. The molecule has 0 amide bonds. The molecule has 0 aliphatic heterocycles. The van der Waals surface area contributed by atoms with Crippen LogP contribution in [0.3, 0.4) is 0 Å². The van der Waals surface area contributed by atoms with E-state index in [1.165, 1.54) is 12.3 Å². The first kappa shape index (κ1) is 16.2. The summed E-state index contributed by atoms with van der Waals surface area (Å²) in [7, 11) is 0. The normalized spacial score (nSPS) is 14.6. The molecular formula is C30H25IrN3-2. The summed E-state index contributed by atoms with van der Waals surface area (Å²) in [6, 6.07) is 32.6. The number of hydrogen-bond donors (Lipinski definition) is 0. The summed E-state index contributed by atoms with van der Waals surface area (Å²) < 4.78 is 59.7. The molecule has 0 N–H and O–H groups in total. The molecule has 0 fully saturated rings. The molecule has 34 heavy (non-hydrogen) atoms. The van der Waals surface area contributed by atoms with E-state index in [4.69, 9.17) is 11.0 Å². The zero-order chi connectivity index (χ0) is 29.7. The number of benzene rings is 2. The molecule has 171 valence electrons. The van der Waals surface area contributed by atoms with Crippen molar-refractivity contribution < 1.29 is 31.1 Å². The van der Waals surface area contributed by atoms with Gasteiger partial charge in [0.05, 0.1) is 5.69 Å². The van der Waals surface area contributed by atoms with Gasteiger partial charge in [0.25, 0.3) is 0 Å². The van der Waals surface area contributed by atoms with Gasteiger partial charge in [-0.2, -0.15) is 0 Å². The van der Waals surface area contributed by atoms with Crippen molar-refractivity contribution in [2.45, 2.75) is 20.1 Å². The second-order valence-electron chi connectivity index (χ2n) is 6.95. The molecule has 3 nitrogen and oxygen atoms in total. The van der Waals surface area contributed by atoms with E-state index in [9.17, 15) is 0 Å². The Morgan fingerprint density at radius 1 is 0.794 bits per heavy atom. The summed E-state index contributed by atoms with van der Waals surface area (Å²) >= 11 is 0. The summed E-state index contributed by atoms with van der Waals surface area (Å²) in [5.41, 5.74) is 4.49. The SMILES string of the molecule is [2H]C([2H])([2H])C([2H])([2H])c1cccc(-c2ccnc(-c3[c-]cccc3)c2)n1.[2H]C([2H])([2H])c1ccc(-c2[c-]cccc2)nc1.[Ir]. The zero-order valence-electron chi connectivity index (χ0n) is 26.0. The Bertz CT molecular complexity index is 1570. The van der Waals surface area contributed by atoms with Crippen LogP contribution >= 0.6 is 0 Å². The standard InChI is InChI=1S/C18H15N2.C12H10N.Ir/c1-2-16-9-6-10-17(20-16)15-11-12-19-18(13-15)14-7-4-3-5-8-14;1-10-7-8-12(13-9-10)11-5-3-2-4-6-11;/h3-7,9-13H,2H2,1H3;2-5,7-9H,1H3;/q2*-1;/i1D3,2D2;1D3;. The van der Waals surface area contributed by atoms with Gasteiger partial charge in [0.1, 0.15) is 0 Å². The van der Waals surface area contributed by atoms with Crippen LogP contribution in [0.1, 0.15) is 29.1 Å². The van der Waals surface area contributed by atoms with Gasteiger partial charge in [-0.05, 0) is 53.9 Å². The van der Waals surface area contributed by atoms with Crippen LogP contribution in [0.5, 0.6) is 0 Å². The molecular weight excluding hydrogens is 595 g/mol. The molecule has 0 spiro atoms. The van der Waals surface area contributed by atoms with Gasteiger partial charge in [-0.3, -0.25) is 4.98 Å². The minimum Gasteiger partial charge on any atom is -0.305 e. The summed E-state index contributed by atoms with van der Waals surface area (Å²) in [4.78, 5) is 12.7. The molecule has 3 heterocycles. The molecule has 2 aromatic carbocycles. The largest absolute Gasteiger partial charge is 0.305 e. The third kappa shape index (κ3) is 6.77. The van der Waals surface area contributed by atoms with Crippen molar-refractivity contribution in [1.82, 2.24) is 15.0 Å². The Morgan fingerprint density at radius 3 is 2.24 bits per heavy atom. The van der Waals surface area contributed by atoms with Crippen LogP contribution in [0.2, 0.25) is 0 Å². The summed E-state index contributed by atoms with van der Waals surface area (Å²) in [6.45, 7) is -4.88. The van der Waals surface area contributed by atoms with Gasteiger partial charge in [0.2, 0.25) is 0 Å². The van der Waals surface area contributed by atoms with Crippen molar-refractivity contribution in [3.05, 3.63) is 127 Å². The number of aromatic nitrogens is 3. The van der Waals surface area contributed by atoms with Gasteiger partial charge < -0.3 is 9.97 Å². The fraction of sp³-hybridized carbons (Fsp3) is 0.100. The first-order chi connectivity index (χ1) is 19.4. The maximum atomic E-state index is 7.88. The van der Waals surface area contributed by atoms with Crippen LogP contribution < -0.4 is 0 Å². The van der Waals surface area contributed by atoms with Gasteiger partial charge in [0, 0.05) is 49.2 Å². The number of aryl methyl sites for hydroxylation is 2. The maximum absolute atomic E-state index is 7.88. The van der Waals surface area contributed by atoms with Crippen LogP contribution in [0.25, 0.3) is 33.8 Å². The topological polar surface area (TPSA) is 38.7 Å². The van der Waals surface area contributed by atoms with Crippen LogP contribution in [0.4, 0.5) is 0 Å². The molecule has 5 aromatic rings. The fourth-order valence-electron chi connectivity index (χ4n) is 3.06. The molecule has 0 aliphatic rings. The predicted octanol–water partition coefficient (Wildman–Crippen LogP) is 7.03. The van der Waals surface area contributed by atoms with Gasteiger partial charge in [0.15, 0.2) is 0 Å². The van der Waals surface area contributed by atoms with E-state index in [0.717, 1.165) is 22.4 Å². The zero-order valence-corrected chi connectivity index (χ0v) is 20.4. The van der Waals surface area contributed by atoms with E-state index < -0.39 is 20.1 Å². The average Bonchev–Trinajstić information content (AvgIpc) is 2.98. The third-order valence-corrected chi connectivity index (χ3v) is 4.67. The summed E-state index contributed by atoms with van der Waals surface area (Å²) in [5, 5.41) is 0. The second-order valence-corrected chi connectivity index (χ2v) is 6.95. The summed E-state index contributed by atoms with van der Waals surface area (Å²) in [6.07, 6.45) is 0.507. The molecule has 0 saturated heterocycles. The van der Waals surface area contributed by atoms with Crippen molar-refractivity contribution in [3.63, 3.8) is 0 Å². The van der Waals surface area contributed by atoms with E-state index in [-0.39, 0.29) is 31.4 Å². The Balaban J connectivity index is 0.000000247. The van der Waals surface area contributed by atoms with Crippen molar-refractivity contribution >= 4 is 0 Å². The van der Waals surface area contributed by atoms with E-state index >= 15 is 0 Å². The van der Waals surface area contributed by atoms with E-state index in [1.807, 2.05) is 42.5 Å². The minimum absolute atomic E-state index is 0. The Labute approximate surface area is 226 Å². The molecule has 3 aromatic heterocycles. The van der Waals surface area contributed by atoms with E-state index in [1.54, 1.807) is 48.7 Å². The molecule has 1 radical (unpaired) electrons. The van der Waals surface area contributed by atoms with Crippen LogP contribution in [0.15, 0.2) is 103 Å². The molecule has 4 heteroatoms. The van der Waals surface area contributed by atoms with Gasteiger partial charge in [-0.1, -0.05) is 31.1 Å². The number of hydrogen-bond acceptors (Lipinski definition) is 3. The van der Waals surface area contributed by atoms with Crippen LogP contribution in [0, 0.1) is 19.0 Å². The quantitative estimate of drug-likeness (QED) is 0.201. The third-order valence-electron chi connectivity index (χ3n) is 4.67.